The number of nitrogens with one attached hydrogen (secondary N) is 1. The highest BCUT2D eigenvalue weighted by Gasteiger charge is 2.56. The van der Waals surface area contributed by atoms with Crippen LogP contribution in [0.25, 0.3) is 11.5 Å². The molecule has 160 valence electrons. The summed E-state index contributed by atoms with van der Waals surface area (Å²) >= 11 is 0. The number of anilines is 1. The summed E-state index contributed by atoms with van der Waals surface area (Å²) in [4.78, 5) is 16.1. The van der Waals surface area contributed by atoms with Crippen LogP contribution in [0, 0.1) is 5.92 Å². The summed E-state index contributed by atoms with van der Waals surface area (Å²) < 4.78 is 5.51. The Labute approximate surface area is 176 Å². The molecule has 4 aliphatic rings. The first-order valence-electron chi connectivity index (χ1n) is 10.8. The molecular formula is C22H29N5O3. The second kappa shape index (κ2) is 7.76. The number of aromatic nitrogens is 3. The van der Waals surface area contributed by atoms with E-state index >= 15 is 0 Å². The number of aliphatic hydroxyl groups is 2. The molecule has 0 aliphatic heterocycles. The zero-order valence-corrected chi connectivity index (χ0v) is 17.3. The van der Waals surface area contributed by atoms with Crippen LogP contribution in [-0.2, 0) is 12.8 Å². The van der Waals surface area contributed by atoms with Gasteiger partial charge in [0.2, 0.25) is 0 Å². The number of hydrogen-bond donors (Lipinski definition) is 3. The van der Waals surface area contributed by atoms with E-state index in [1.54, 1.807) is 18.3 Å². The van der Waals surface area contributed by atoms with Gasteiger partial charge in [-0.2, -0.15) is 0 Å². The number of hydrogen-bond acceptors (Lipinski definition) is 8. The molecule has 2 aromatic heterocycles. The first-order chi connectivity index (χ1) is 14.5. The Hall–Kier alpha value is -2.29. The topological polar surface area (TPSA) is 104 Å². The van der Waals surface area contributed by atoms with E-state index in [1.807, 2.05) is 11.9 Å². The average molecular weight is 412 g/mol. The van der Waals surface area contributed by atoms with E-state index < -0.39 is 6.23 Å². The molecule has 1 unspecified atom stereocenters. The van der Waals surface area contributed by atoms with Crippen LogP contribution >= 0.6 is 0 Å². The van der Waals surface area contributed by atoms with E-state index in [4.69, 9.17) is 19.8 Å². The van der Waals surface area contributed by atoms with Crippen molar-refractivity contribution in [1.82, 2.24) is 20.3 Å². The molecule has 2 aromatic rings. The Morgan fingerprint density at radius 1 is 1.30 bits per heavy atom. The normalized spacial score (nSPS) is 24.6. The summed E-state index contributed by atoms with van der Waals surface area (Å²) in [6.07, 6.45) is 7.62. The zero-order valence-electron chi connectivity index (χ0n) is 17.3. The Morgan fingerprint density at radius 3 is 2.87 bits per heavy atom. The Bertz CT molecular complexity index is 920. The van der Waals surface area contributed by atoms with Crippen molar-refractivity contribution in [3.63, 3.8) is 0 Å². The number of likely N-dealkylation sites (N-methyl/N-ethyl adjacent to an activating group) is 1. The van der Waals surface area contributed by atoms with Crippen LogP contribution < -0.4 is 15.0 Å². The molecule has 1 atom stereocenters. The zero-order chi connectivity index (χ0) is 20.7. The van der Waals surface area contributed by atoms with Gasteiger partial charge in [-0.3, -0.25) is 10.3 Å². The molecule has 3 fully saturated rings. The van der Waals surface area contributed by atoms with Gasteiger partial charge in [0.15, 0.2) is 5.82 Å². The van der Waals surface area contributed by atoms with Crippen molar-refractivity contribution < 1.29 is 14.9 Å². The van der Waals surface area contributed by atoms with Crippen LogP contribution in [0.1, 0.15) is 36.9 Å². The van der Waals surface area contributed by atoms with Crippen LogP contribution in [0.2, 0.25) is 0 Å². The van der Waals surface area contributed by atoms with Gasteiger partial charge in [0, 0.05) is 36.1 Å². The standard InChI is InChI=1S/C22H29N5O3/c1-27(13-19(29)26-22-10-14(11-22)12-22)21-16-3-2-4-17(16)24-20(25-21)18-9-15(5-6-23-18)30-8-7-28/h5-6,9,14,19,26,28-29H,2-4,7-8,10-13H2,1H3. The number of ether oxygens (including phenoxy) is 1. The molecule has 30 heavy (non-hydrogen) atoms. The fraction of sp³-hybridized carbons (Fsp3) is 0.591. The lowest BCUT2D eigenvalue weighted by atomic mass is 9.50. The number of pyridine rings is 1. The molecule has 0 radical (unpaired) electrons. The summed E-state index contributed by atoms with van der Waals surface area (Å²) in [5.74, 6) is 2.94. The first kappa shape index (κ1) is 19.7. The van der Waals surface area contributed by atoms with E-state index in [-0.39, 0.29) is 18.8 Å². The van der Waals surface area contributed by atoms with Gasteiger partial charge in [-0.15, -0.1) is 0 Å². The lowest BCUT2D eigenvalue weighted by Gasteiger charge is -2.62. The smallest absolute Gasteiger partial charge is 0.180 e. The molecule has 6 rings (SSSR count). The van der Waals surface area contributed by atoms with Gasteiger partial charge in [0.1, 0.15) is 30.1 Å². The molecular weight excluding hydrogens is 382 g/mol. The summed E-state index contributed by atoms with van der Waals surface area (Å²) in [6, 6.07) is 3.56. The second-order valence-corrected chi connectivity index (χ2v) is 8.90. The summed E-state index contributed by atoms with van der Waals surface area (Å²) in [5.41, 5.74) is 3.06. The molecule has 8 heteroatoms. The summed E-state index contributed by atoms with van der Waals surface area (Å²) in [6.45, 7) is 0.665. The molecule has 2 heterocycles. The van der Waals surface area contributed by atoms with E-state index in [1.165, 1.54) is 24.8 Å². The SMILES string of the molecule is CN(CC(O)NC12CC(C1)C2)c1nc(-c2cc(OCCO)ccn2)nc2c1CCC2. The van der Waals surface area contributed by atoms with Crippen LogP contribution in [-0.4, -0.2) is 63.7 Å². The van der Waals surface area contributed by atoms with Crippen molar-refractivity contribution in [1.29, 1.82) is 0 Å². The van der Waals surface area contributed by atoms with Gasteiger partial charge in [0.05, 0.1) is 13.2 Å². The predicted molar refractivity (Wildman–Crippen MR) is 112 cm³/mol. The molecule has 0 saturated heterocycles. The van der Waals surface area contributed by atoms with Gasteiger partial charge in [-0.25, -0.2) is 9.97 Å². The van der Waals surface area contributed by atoms with Crippen LogP contribution in [0.15, 0.2) is 18.3 Å². The van der Waals surface area contributed by atoms with Crippen molar-refractivity contribution >= 4 is 5.82 Å². The third-order valence-electron chi connectivity index (χ3n) is 6.55. The average Bonchev–Trinajstić information content (AvgIpc) is 3.16. The fourth-order valence-corrected chi connectivity index (χ4v) is 5.03. The van der Waals surface area contributed by atoms with Gasteiger partial charge in [-0.1, -0.05) is 0 Å². The maximum absolute atomic E-state index is 10.6. The molecule has 0 amide bonds. The number of aliphatic hydroxyl groups excluding tert-OH is 2. The molecule has 0 aromatic carbocycles. The Balaban J connectivity index is 1.37. The van der Waals surface area contributed by atoms with E-state index in [0.717, 1.165) is 36.7 Å². The lowest BCUT2D eigenvalue weighted by molar-refractivity contribution is -0.0841. The van der Waals surface area contributed by atoms with Gasteiger partial charge in [-0.05, 0) is 50.5 Å². The Morgan fingerprint density at radius 2 is 2.13 bits per heavy atom. The van der Waals surface area contributed by atoms with Crippen molar-refractivity contribution in [3.05, 3.63) is 29.6 Å². The van der Waals surface area contributed by atoms with Gasteiger partial charge in [0.25, 0.3) is 0 Å². The number of aryl methyl sites for hydroxylation is 1. The molecule has 8 nitrogen and oxygen atoms in total. The van der Waals surface area contributed by atoms with Crippen molar-refractivity contribution in [2.45, 2.75) is 50.3 Å². The lowest BCUT2D eigenvalue weighted by Crippen LogP contribution is -2.69. The minimum atomic E-state index is -0.583. The molecule has 0 spiro atoms. The van der Waals surface area contributed by atoms with Crippen molar-refractivity contribution in [2.75, 3.05) is 31.7 Å². The highest BCUT2D eigenvalue weighted by atomic mass is 16.5. The van der Waals surface area contributed by atoms with E-state index in [2.05, 4.69) is 10.3 Å². The first-order valence-corrected chi connectivity index (χ1v) is 10.8. The molecule has 4 aliphatic carbocycles. The maximum atomic E-state index is 10.6. The molecule has 3 saturated carbocycles. The summed E-state index contributed by atoms with van der Waals surface area (Å²) in [7, 11) is 1.98. The maximum Gasteiger partial charge on any atom is 0.180 e. The molecule has 3 N–H and O–H groups in total. The summed E-state index contributed by atoms with van der Waals surface area (Å²) in [5, 5.41) is 23.0. The minimum absolute atomic E-state index is 0.0414. The van der Waals surface area contributed by atoms with Crippen LogP contribution in [0.4, 0.5) is 5.82 Å². The highest BCUT2D eigenvalue weighted by Crippen LogP contribution is 2.57. The third kappa shape index (κ3) is 3.64. The highest BCUT2D eigenvalue weighted by molar-refractivity contribution is 5.59. The van der Waals surface area contributed by atoms with Gasteiger partial charge < -0.3 is 19.8 Å². The quantitative estimate of drug-likeness (QED) is 0.531. The Kier molecular flexibility index (Phi) is 5.08. The number of nitrogens with zero attached hydrogens (tertiary/aromatic N) is 4. The third-order valence-corrected chi connectivity index (χ3v) is 6.55. The number of rotatable bonds is 9. The second-order valence-electron chi connectivity index (χ2n) is 8.90. The molecule has 2 bridgehead atoms. The van der Waals surface area contributed by atoms with Gasteiger partial charge >= 0.3 is 0 Å². The monoisotopic (exact) mass is 411 g/mol. The predicted octanol–water partition coefficient (Wildman–Crippen LogP) is 1.30. The number of fused-ring (bicyclic) bond motifs is 1. The van der Waals surface area contributed by atoms with Crippen LogP contribution in [0.5, 0.6) is 5.75 Å². The van der Waals surface area contributed by atoms with E-state index in [0.29, 0.717) is 23.8 Å². The van der Waals surface area contributed by atoms with Crippen molar-refractivity contribution in [3.8, 4) is 17.3 Å². The van der Waals surface area contributed by atoms with E-state index in [9.17, 15) is 5.11 Å². The minimum Gasteiger partial charge on any atom is -0.491 e. The van der Waals surface area contributed by atoms with Crippen LogP contribution in [0.3, 0.4) is 0 Å². The fourth-order valence-electron chi connectivity index (χ4n) is 5.03. The van der Waals surface area contributed by atoms with Crippen molar-refractivity contribution in [2.24, 2.45) is 5.92 Å². The largest absolute Gasteiger partial charge is 0.491 e.